The van der Waals surface area contributed by atoms with Crippen molar-refractivity contribution in [3.63, 3.8) is 0 Å². The van der Waals surface area contributed by atoms with Gasteiger partial charge in [0.2, 0.25) is 0 Å². The minimum absolute atomic E-state index is 0.539. The average Bonchev–Trinajstić information content (AvgIpc) is 2.65. The van der Waals surface area contributed by atoms with Gasteiger partial charge in [-0.2, -0.15) is 0 Å². The van der Waals surface area contributed by atoms with Crippen LogP contribution in [0.4, 0.5) is 5.82 Å². The minimum Gasteiger partial charge on any atom is -0.383 e. The minimum atomic E-state index is 0.539. The summed E-state index contributed by atoms with van der Waals surface area (Å²) in [5.74, 6) is 0.539. The SMILES string of the molecule is Nc1ncnc2ccc3c(c12)COC3. The van der Waals surface area contributed by atoms with Gasteiger partial charge in [0.05, 0.1) is 18.7 Å². The van der Waals surface area contributed by atoms with Gasteiger partial charge in [0, 0.05) is 5.39 Å². The lowest BCUT2D eigenvalue weighted by molar-refractivity contribution is 0.135. The smallest absolute Gasteiger partial charge is 0.135 e. The van der Waals surface area contributed by atoms with Crippen molar-refractivity contribution in [2.24, 2.45) is 0 Å². The molecule has 4 heteroatoms. The molecule has 0 atom stereocenters. The maximum absolute atomic E-state index is 5.82. The van der Waals surface area contributed by atoms with Crippen molar-refractivity contribution in [1.82, 2.24) is 9.97 Å². The van der Waals surface area contributed by atoms with Crippen molar-refractivity contribution >= 4 is 16.7 Å². The normalized spacial score (nSPS) is 14.6. The zero-order valence-electron chi connectivity index (χ0n) is 7.53. The van der Waals surface area contributed by atoms with Gasteiger partial charge in [-0.1, -0.05) is 6.07 Å². The summed E-state index contributed by atoms with van der Waals surface area (Å²) in [5, 5.41) is 0.947. The van der Waals surface area contributed by atoms with Crippen LogP contribution in [0.15, 0.2) is 18.5 Å². The lowest BCUT2D eigenvalue weighted by atomic mass is 10.1. The number of aromatic nitrogens is 2. The second-order valence-corrected chi connectivity index (χ2v) is 3.35. The summed E-state index contributed by atoms with van der Waals surface area (Å²) in [6, 6.07) is 4.00. The van der Waals surface area contributed by atoms with Crippen molar-refractivity contribution < 1.29 is 4.74 Å². The summed E-state index contributed by atoms with van der Waals surface area (Å²) in [4.78, 5) is 8.17. The van der Waals surface area contributed by atoms with Crippen LogP contribution < -0.4 is 5.73 Å². The molecule has 0 fully saturated rings. The van der Waals surface area contributed by atoms with Crippen molar-refractivity contribution in [3.8, 4) is 0 Å². The fraction of sp³-hybridized carbons (Fsp3) is 0.200. The maximum atomic E-state index is 5.82. The first kappa shape index (κ1) is 7.70. The second kappa shape index (κ2) is 2.65. The van der Waals surface area contributed by atoms with Gasteiger partial charge in [0.15, 0.2) is 0 Å². The molecule has 1 aliphatic heterocycles. The first-order chi connectivity index (χ1) is 6.86. The number of rotatable bonds is 0. The first-order valence-electron chi connectivity index (χ1n) is 4.45. The number of benzene rings is 1. The third-order valence-corrected chi connectivity index (χ3v) is 2.54. The molecule has 1 aromatic carbocycles. The fourth-order valence-corrected chi connectivity index (χ4v) is 1.85. The average molecular weight is 187 g/mol. The molecule has 0 amide bonds. The summed E-state index contributed by atoms with van der Waals surface area (Å²) in [5.41, 5.74) is 9.05. The van der Waals surface area contributed by atoms with Gasteiger partial charge in [-0.3, -0.25) is 0 Å². The van der Waals surface area contributed by atoms with E-state index in [2.05, 4.69) is 9.97 Å². The van der Waals surface area contributed by atoms with E-state index in [9.17, 15) is 0 Å². The third-order valence-electron chi connectivity index (χ3n) is 2.54. The van der Waals surface area contributed by atoms with E-state index in [1.165, 1.54) is 11.9 Å². The van der Waals surface area contributed by atoms with Crippen LogP contribution in [0.1, 0.15) is 11.1 Å². The Bertz CT molecular complexity index is 510. The third kappa shape index (κ3) is 0.914. The molecule has 4 nitrogen and oxygen atoms in total. The van der Waals surface area contributed by atoms with Gasteiger partial charge in [-0.25, -0.2) is 9.97 Å². The molecule has 0 saturated carbocycles. The molecule has 0 unspecified atom stereocenters. The van der Waals surface area contributed by atoms with Gasteiger partial charge in [0.1, 0.15) is 12.1 Å². The first-order valence-corrected chi connectivity index (χ1v) is 4.45. The Balaban J connectivity index is 2.47. The van der Waals surface area contributed by atoms with E-state index in [0.717, 1.165) is 16.5 Å². The Hall–Kier alpha value is -1.68. The molecule has 3 rings (SSSR count). The Morgan fingerprint density at radius 1 is 1.21 bits per heavy atom. The molecular weight excluding hydrogens is 178 g/mol. The van der Waals surface area contributed by atoms with Crippen molar-refractivity contribution in [1.29, 1.82) is 0 Å². The number of fused-ring (bicyclic) bond motifs is 3. The van der Waals surface area contributed by atoms with E-state index >= 15 is 0 Å². The fourth-order valence-electron chi connectivity index (χ4n) is 1.85. The highest BCUT2D eigenvalue weighted by atomic mass is 16.5. The molecule has 14 heavy (non-hydrogen) atoms. The van der Waals surface area contributed by atoms with Crippen LogP contribution in [0.2, 0.25) is 0 Å². The summed E-state index contributed by atoms with van der Waals surface area (Å²) < 4.78 is 5.37. The van der Waals surface area contributed by atoms with Crippen LogP contribution in [0, 0.1) is 0 Å². The van der Waals surface area contributed by atoms with Gasteiger partial charge in [-0.15, -0.1) is 0 Å². The summed E-state index contributed by atoms with van der Waals surface area (Å²) in [6.07, 6.45) is 1.49. The van der Waals surface area contributed by atoms with Crippen LogP contribution >= 0.6 is 0 Å². The molecule has 0 saturated heterocycles. The van der Waals surface area contributed by atoms with E-state index in [1.807, 2.05) is 12.1 Å². The van der Waals surface area contributed by atoms with Crippen molar-refractivity contribution in [2.75, 3.05) is 5.73 Å². The zero-order valence-corrected chi connectivity index (χ0v) is 7.53. The number of nitrogens with zero attached hydrogens (tertiary/aromatic N) is 2. The van der Waals surface area contributed by atoms with Crippen LogP contribution in [-0.4, -0.2) is 9.97 Å². The van der Waals surface area contributed by atoms with Crippen LogP contribution in [0.25, 0.3) is 10.9 Å². The van der Waals surface area contributed by atoms with E-state index in [1.54, 1.807) is 0 Å². The predicted octanol–water partition coefficient (Wildman–Crippen LogP) is 1.24. The standard InChI is InChI=1S/C10H9N3O/c11-10-9-7-4-14-3-6(7)1-2-8(9)12-5-13-10/h1-2,5H,3-4H2,(H2,11,12,13). The van der Waals surface area contributed by atoms with E-state index in [-0.39, 0.29) is 0 Å². The number of hydrogen-bond acceptors (Lipinski definition) is 4. The highest BCUT2D eigenvalue weighted by Crippen LogP contribution is 2.29. The second-order valence-electron chi connectivity index (χ2n) is 3.35. The van der Waals surface area contributed by atoms with E-state index < -0.39 is 0 Å². The summed E-state index contributed by atoms with van der Waals surface area (Å²) in [7, 11) is 0. The van der Waals surface area contributed by atoms with Gasteiger partial charge in [0.25, 0.3) is 0 Å². The molecule has 0 bridgehead atoms. The molecular formula is C10H9N3O. The van der Waals surface area contributed by atoms with Crippen molar-refractivity contribution in [2.45, 2.75) is 13.2 Å². The quantitative estimate of drug-likeness (QED) is 0.674. The molecule has 0 radical (unpaired) electrons. The number of nitrogens with two attached hydrogens (primary N) is 1. The highest BCUT2D eigenvalue weighted by molar-refractivity contribution is 5.91. The topological polar surface area (TPSA) is 61.0 Å². The molecule has 2 N–H and O–H groups in total. The lowest BCUT2D eigenvalue weighted by Crippen LogP contribution is -1.96. The Morgan fingerprint density at radius 2 is 2.14 bits per heavy atom. The highest BCUT2D eigenvalue weighted by Gasteiger charge is 2.16. The lowest BCUT2D eigenvalue weighted by Gasteiger charge is -2.04. The van der Waals surface area contributed by atoms with E-state index in [4.69, 9.17) is 10.5 Å². The van der Waals surface area contributed by atoms with Crippen molar-refractivity contribution in [3.05, 3.63) is 29.6 Å². The molecule has 0 spiro atoms. The molecule has 0 aliphatic carbocycles. The summed E-state index contributed by atoms with van der Waals surface area (Å²) in [6.45, 7) is 1.28. The van der Waals surface area contributed by atoms with Crippen LogP contribution in [0.5, 0.6) is 0 Å². The molecule has 2 heterocycles. The number of anilines is 1. The molecule has 1 aromatic heterocycles. The van der Waals surface area contributed by atoms with Gasteiger partial charge in [-0.05, 0) is 17.2 Å². The number of hydrogen-bond donors (Lipinski definition) is 1. The Labute approximate surface area is 80.7 Å². The van der Waals surface area contributed by atoms with Crippen LogP contribution in [-0.2, 0) is 18.0 Å². The predicted molar refractivity (Wildman–Crippen MR) is 52.4 cm³/mol. The molecule has 70 valence electrons. The Kier molecular flexibility index (Phi) is 1.46. The van der Waals surface area contributed by atoms with Gasteiger partial charge >= 0.3 is 0 Å². The Morgan fingerprint density at radius 3 is 3.07 bits per heavy atom. The largest absolute Gasteiger partial charge is 0.383 e. The van der Waals surface area contributed by atoms with E-state index in [0.29, 0.717) is 19.0 Å². The zero-order chi connectivity index (χ0) is 9.54. The monoisotopic (exact) mass is 187 g/mol. The molecule has 2 aromatic rings. The molecule has 1 aliphatic rings. The number of ether oxygens (including phenoxy) is 1. The van der Waals surface area contributed by atoms with Crippen LogP contribution in [0.3, 0.4) is 0 Å². The van der Waals surface area contributed by atoms with Gasteiger partial charge < -0.3 is 10.5 Å². The number of nitrogen functional groups attached to an aromatic ring is 1. The summed E-state index contributed by atoms with van der Waals surface area (Å²) >= 11 is 0. The maximum Gasteiger partial charge on any atom is 0.135 e.